The highest BCUT2D eigenvalue weighted by Crippen LogP contribution is 2.36. The van der Waals surface area contributed by atoms with Gasteiger partial charge in [-0.2, -0.15) is 0 Å². The van der Waals surface area contributed by atoms with Crippen LogP contribution >= 0.6 is 0 Å². The Labute approximate surface area is 158 Å². The van der Waals surface area contributed by atoms with E-state index in [0.717, 1.165) is 55.2 Å². The zero-order chi connectivity index (χ0) is 18.2. The molecule has 2 bridgehead atoms. The van der Waals surface area contributed by atoms with Crippen LogP contribution in [0.1, 0.15) is 23.7 Å². The second-order valence-corrected chi connectivity index (χ2v) is 7.65. The normalized spacial score (nSPS) is 21.6. The summed E-state index contributed by atoms with van der Waals surface area (Å²) in [6.45, 7) is 3.68. The molecule has 27 heavy (non-hydrogen) atoms. The minimum absolute atomic E-state index is 0.0982. The zero-order valence-corrected chi connectivity index (χ0v) is 15.2. The summed E-state index contributed by atoms with van der Waals surface area (Å²) in [7, 11) is 0. The van der Waals surface area contributed by atoms with Gasteiger partial charge >= 0.3 is 0 Å². The molecule has 0 unspecified atom stereocenters. The largest absolute Gasteiger partial charge is 0.312 e. The molecule has 0 saturated carbocycles. The predicted octanol–water partition coefficient (Wildman–Crippen LogP) is 2.92. The van der Waals surface area contributed by atoms with Crippen LogP contribution in [-0.4, -0.2) is 32.5 Å². The quantitative estimate of drug-likeness (QED) is 0.722. The number of rotatable bonds is 3. The van der Waals surface area contributed by atoms with Crippen molar-refractivity contribution in [2.24, 2.45) is 5.92 Å². The van der Waals surface area contributed by atoms with Crippen molar-refractivity contribution in [2.75, 3.05) is 13.1 Å². The van der Waals surface area contributed by atoms with Crippen LogP contribution in [0.5, 0.6) is 0 Å². The lowest BCUT2D eigenvalue weighted by Crippen LogP contribution is -2.46. The summed E-state index contributed by atoms with van der Waals surface area (Å²) in [5.74, 6) is 0.913. The molecule has 5 rings (SSSR count). The highest BCUT2D eigenvalue weighted by molar-refractivity contribution is 5.59. The van der Waals surface area contributed by atoms with Gasteiger partial charge < -0.3 is 4.57 Å². The molecule has 0 N–H and O–H groups in total. The number of fused-ring (bicyclic) bond motifs is 4. The molecular weight excluding hydrogens is 336 g/mol. The Bertz CT molecular complexity index is 1000. The third-order valence-corrected chi connectivity index (χ3v) is 5.70. The molecule has 0 spiro atoms. The van der Waals surface area contributed by atoms with Crippen molar-refractivity contribution in [3.8, 4) is 11.3 Å². The average molecular weight is 358 g/mol. The number of nitrogens with zero attached hydrogens (tertiary/aromatic N) is 4. The van der Waals surface area contributed by atoms with Gasteiger partial charge in [-0.1, -0.05) is 12.1 Å². The number of piperidine rings is 1. The summed E-state index contributed by atoms with van der Waals surface area (Å²) in [6, 6.07) is 15.8. The van der Waals surface area contributed by atoms with Gasteiger partial charge in [-0.3, -0.25) is 19.7 Å². The minimum atomic E-state index is 0.0982. The lowest BCUT2D eigenvalue weighted by molar-refractivity contribution is 0.113. The first-order valence-electron chi connectivity index (χ1n) is 9.55. The smallest absolute Gasteiger partial charge is 0.251 e. The first-order valence-corrected chi connectivity index (χ1v) is 9.55. The summed E-state index contributed by atoms with van der Waals surface area (Å²) in [4.78, 5) is 24.2. The molecule has 0 aliphatic carbocycles. The van der Waals surface area contributed by atoms with Crippen LogP contribution in [0.3, 0.4) is 0 Å². The molecule has 0 amide bonds. The van der Waals surface area contributed by atoms with Gasteiger partial charge in [0.25, 0.3) is 5.56 Å². The van der Waals surface area contributed by atoms with E-state index in [2.05, 4.69) is 27.0 Å². The average Bonchev–Trinajstić information content (AvgIpc) is 2.70. The predicted molar refractivity (Wildman–Crippen MR) is 104 cm³/mol. The number of aromatic nitrogens is 3. The van der Waals surface area contributed by atoms with E-state index in [0.29, 0.717) is 11.8 Å². The highest BCUT2D eigenvalue weighted by atomic mass is 16.1. The lowest BCUT2D eigenvalue weighted by atomic mass is 9.82. The Balaban J connectivity index is 1.46. The molecule has 5 nitrogen and oxygen atoms in total. The maximum absolute atomic E-state index is 12.8. The SMILES string of the molecule is O=c1cc(-c2ccccn2)cc2n1C[C@H]1C[C@@H]2CN(Cc2ccccn2)C1. The van der Waals surface area contributed by atoms with E-state index in [4.69, 9.17) is 0 Å². The third-order valence-electron chi connectivity index (χ3n) is 5.70. The van der Waals surface area contributed by atoms with Crippen molar-refractivity contribution in [3.05, 3.63) is 82.7 Å². The molecule has 1 fully saturated rings. The van der Waals surface area contributed by atoms with Crippen molar-refractivity contribution in [3.63, 3.8) is 0 Å². The molecule has 1 saturated heterocycles. The standard InChI is InChI=1S/C22H22N4O/c27-22-11-17(20-6-2-4-8-24-20)10-21-18-9-16(13-26(21)22)12-25(14-18)15-19-5-1-3-7-23-19/h1-8,10-11,16,18H,9,12-15H2/t16-,18+/m0/s1. The summed E-state index contributed by atoms with van der Waals surface area (Å²) in [5, 5.41) is 0. The van der Waals surface area contributed by atoms with Crippen LogP contribution in [0.4, 0.5) is 0 Å². The van der Waals surface area contributed by atoms with Crippen molar-refractivity contribution >= 4 is 0 Å². The lowest BCUT2D eigenvalue weighted by Gasteiger charge is -2.42. The number of hydrogen-bond acceptors (Lipinski definition) is 4. The van der Waals surface area contributed by atoms with Gasteiger partial charge in [0, 0.05) is 61.8 Å². The van der Waals surface area contributed by atoms with Crippen LogP contribution in [0, 0.1) is 5.92 Å². The Hall–Kier alpha value is -2.79. The summed E-state index contributed by atoms with van der Waals surface area (Å²) < 4.78 is 1.99. The van der Waals surface area contributed by atoms with Gasteiger partial charge in [-0.25, -0.2) is 0 Å². The van der Waals surface area contributed by atoms with Gasteiger partial charge in [0.15, 0.2) is 0 Å². The molecule has 0 radical (unpaired) electrons. The second kappa shape index (κ2) is 6.74. The van der Waals surface area contributed by atoms with Crippen LogP contribution < -0.4 is 5.56 Å². The van der Waals surface area contributed by atoms with E-state index in [1.807, 2.05) is 41.1 Å². The van der Waals surface area contributed by atoms with Crippen molar-refractivity contribution < 1.29 is 0 Å². The Morgan fingerprint density at radius 2 is 1.81 bits per heavy atom. The van der Waals surface area contributed by atoms with Gasteiger partial charge in [0.05, 0.1) is 11.4 Å². The molecule has 2 aliphatic rings. The molecule has 3 aromatic heterocycles. The molecule has 5 heterocycles. The van der Waals surface area contributed by atoms with E-state index in [-0.39, 0.29) is 5.56 Å². The third kappa shape index (κ3) is 3.19. The fraction of sp³-hybridized carbons (Fsp3) is 0.318. The Morgan fingerprint density at radius 3 is 2.59 bits per heavy atom. The molecule has 2 atom stereocenters. The number of pyridine rings is 3. The Kier molecular flexibility index (Phi) is 4.09. The summed E-state index contributed by atoms with van der Waals surface area (Å²) in [5.41, 5.74) is 4.15. The van der Waals surface area contributed by atoms with Crippen molar-refractivity contribution in [2.45, 2.75) is 25.4 Å². The summed E-state index contributed by atoms with van der Waals surface area (Å²) in [6.07, 6.45) is 4.79. The fourth-order valence-electron chi connectivity index (χ4n) is 4.59. The minimum Gasteiger partial charge on any atom is -0.312 e. The maximum atomic E-state index is 12.8. The second-order valence-electron chi connectivity index (χ2n) is 7.65. The molecule has 136 valence electrons. The fourth-order valence-corrected chi connectivity index (χ4v) is 4.59. The van der Waals surface area contributed by atoms with Gasteiger partial charge in [0.2, 0.25) is 0 Å². The topological polar surface area (TPSA) is 51.0 Å². The van der Waals surface area contributed by atoms with E-state index < -0.39 is 0 Å². The van der Waals surface area contributed by atoms with Crippen molar-refractivity contribution in [1.29, 1.82) is 0 Å². The molecule has 0 aromatic carbocycles. The van der Waals surface area contributed by atoms with E-state index in [9.17, 15) is 4.79 Å². The molecular formula is C22H22N4O. The summed E-state index contributed by atoms with van der Waals surface area (Å²) >= 11 is 0. The zero-order valence-electron chi connectivity index (χ0n) is 15.2. The van der Waals surface area contributed by atoms with E-state index in [1.54, 1.807) is 12.3 Å². The van der Waals surface area contributed by atoms with Gasteiger partial charge in [0.1, 0.15) is 0 Å². The van der Waals surface area contributed by atoms with Crippen LogP contribution in [0.15, 0.2) is 65.7 Å². The first-order chi connectivity index (χ1) is 13.3. The van der Waals surface area contributed by atoms with E-state index in [1.165, 1.54) is 0 Å². The molecule has 2 aliphatic heterocycles. The maximum Gasteiger partial charge on any atom is 0.251 e. The first kappa shape index (κ1) is 16.4. The van der Waals surface area contributed by atoms with Gasteiger partial charge in [-0.05, 0) is 42.7 Å². The highest BCUT2D eigenvalue weighted by Gasteiger charge is 2.35. The number of likely N-dealkylation sites (tertiary alicyclic amines) is 1. The van der Waals surface area contributed by atoms with E-state index >= 15 is 0 Å². The molecule has 3 aromatic rings. The van der Waals surface area contributed by atoms with Crippen LogP contribution in [-0.2, 0) is 13.1 Å². The van der Waals surface area contributed by atoms with Crippen molar-refractivity contribution in [1.82, 2.24) is 19.4 Å². The monoisotopic (exact) mass is 358 g/mol. The van der Waals surface area contributed by atoms with Crippen LogP contribution in [0.25, 0.3) is 11.3 Å². The number of hydrogen-bond donors (Lipinski definition) is 0. The Morgan fingerprint density at radius 1 is 0.963 bits per heavy atom. The molecule has 5 heteroatoms. The van der Waals surface area contributed by atoms with Gasteiger partial charge in [-0.15, -0.1) is 0 Å². The van der Waals surface area contributed by atoms with Crippen LogP contribution in [0.2, 0.25) is 0 Å².